The Bertz CT molecular complexity index is 926. The summed E-state index contributed by atoms with van der Waals surface area (Å²) in [6, 6.07) is 8.19. The predicted octanol–water partition coefficient (Wildman–Crippen LogP) is 3.91. The first-order valence-electron chi connectivity index (χ1n) is 10.3. The molecule has 4 rings (SSSR count). The van der Waals surface area contributed by atoms with E-state index in [1.165, 1.54) is 12.8 Å². The van der Waals surface area contributed by atoms with E-state index in [1.54, 1.807) is 29.3 Å². The van der Waals surface area contributed by atoms with E-state index >= 15 is 0 Å². The van der Waals surface area contributed by atoms with Crippen molar-refractivity contribution in [3.8, 4) is 0 Å². The van der Waals surface area contributed by atoms with Crippen molar-refractivity contribution in [2.24, 2.45) is 0 Å². The summed E-state index contributed by atoms with van der Waals surface area (Å²) >= 11 is 12.1. The molecule has 1 unspecified atom stereocenters. The Balaban J connectivity index is 1.40. The summed E-state index contributed by atoms with van der Waals surface area (Å²) in [5, 5.41) is 3.79. The van der Waals surface area contributed by atoms with Crippen LogP contribution in [0.5, 0.6) is 0 Å². The van der Waals surface area contributed by atoms with Crippen LogP contribution in [0.4, 0.5) is 5.82 Å². The molecule has 30 heavy (non-hydrogen) atoms. The van der Waals surface area contributed by atoms with E-state index in [-0.39, 0.29) is 11.8 Å². The maximum atomic E-state index is 12.9. The Morgan fingerprint density at radius 2 is 1.77 bits per heavy atom. The summed E-state index contributed by atoms with van der Waals surface area (Å²) in [5.74, 6) is 0.584. The fourth-order valence-corrected chi connectivity index (χ4v) is 4.65. The van der Waals surface area contributed by atoms with Crippen LogP contribution in [0, 0.1) is 0 Å². The highest BCUT2D eigenvalue weighted by Gasteiger charge is 2.34. The molecule has 1 atom stereocenters. The Hall–Kier alpha value is -2.31. The SMILES string of the molecule is O=C(NCc1ccnc(N2CCCC2)c1)C1CCCN1C(=O)c1cc(Cl)cc(Cl)c1. The highest BCUT2D eigenvalue weighted by molar-refractivity contribution is 6.35. The van der Waals surface area contributed by atoms with Crippen LogP contribution in [-0.2, 0) is 11.3 Å². The number of amides is 2. The Morgan fingerprint density at radius 1 is 1.03 bits per heavy atom. The quantitative estimate of drug-likeness (QED) is 0.755. The summed E-state index contributed by atoms with van der Waals surface area (Å²) in [6.07, 6.45) is 5.58. The van der Waals surface area contributed by atoms with Crippen molar-refractivity contribution in [1.29, 1.82) is 0 Å². The van der Waals surface area contributed by atoms with E-state index in [1.807, 2.05) is 12.1 Å². The minimum Gasteiger partial charge on any atom is -0.357 e. The fourth-order valence-electron chi connectivity index (χ4n) is 4.12. The number of nitrogens with one attached hydrogen (secondary N) is 1. The average molecular weight is 447 g/mol. The predicted molar refractivity (Wildman–Crippen MR) is 118 cm³/mol. The largest absolute Gasteiger partial charge is 0.357 e. The third kappa shape index (κ3) is 4.71. The number of rotatable bonds is 5. The van der Waals surface area contributed by atoms with Gasteiger partial charge in [-0.25, -0.2) is 4.98 Å². The Labute approximate surface area is 186 Å². The summed E-state index contributed by atoms with van der Waals surface area (Å²) in [4.78, 5) is 34.1. The molecule has 3 heterocycles. The van der Waals surface area contributed by atoms with Gasteiger partial charge in [0.2, 0.25) is 5.91 Å². The van der Waals surface area contributed by atoms with Crippen molar-refractivity contribution < 1.29 is 9.59 Å². The molecule has 1 aromatic heterocycles. The van der Waals surface area contributed by atoms with Gasteiger partial charge < -0.3 is 15.1 Å². The number of carbonyl (C=O) groups excluding carboxylic acids is 2. The van der Waals surface area contributed by atoms with Gasteiger partial charge >= 0.3 is 0 Å². The van der Waals surface area contributed by atoms with E-state index in [4.69, 9.17) is 23.2 Å². The lowest BCUT2D eigenvalue weighted by molar-refractivity contribution is -0.125. The standard InChI is InChI=1S/C22H24Cl2N4O2/c23-17-11-16(12-18(24)13-17)22(30)28-9-3-4-19(28)21(29)26-14-15-5-6-25-20(10-15)27-7-1-2-8-27/h5-6,10-13,19H,1-4,7-9,14H2,(H,26,29). The van der Waals surface area contributed by atoms with Gasteiger partial charge in [-0.2, -0.15) is 0 Å². The number of anilines is 1. The monoisotopic (exact) mass is 446 g/mol. The van der Waals surface area contributed by atoms with Crippen LogP contribution >= 0.6 is 23.2 Å². The van der Waals surface area contributed by atoms with E-state index in [9.17, 15) is 9.59 Å². The molecule has 2 amide bonds. The number of pyridine rings is 1. The molecule has 0 saturated carbocycles. The van der Waals surface area contributed by atoms with Crippen LogP contribution in [-0.4, -0.2) is 47.4 Å². The van der Waals surface area contributed by atoms with Crippen LogP contribution in [0.25, 0.3) is 0 Å². The normalized spacial score (nSPS) is 18.7. The number of hydrogen-bond donors (Lipinski definition) is 1. The molecule has 158 valence electrons. The number of aromatic nitrogens is 1. The zero-order valence-corrected chi connectivity index (χ0v) is 18.1. The summed E-state index contributed by atoms with van der Waals surface area (Å²) in [5.41, 5.74) is 1.40. The average Bonchev–Trinajstić information content (AvgIpc) is 3.43. The molecular weight excluding hydrogens is 423 g/mol. The lowest BCUT2D eigenvalue weighted by Crippen LogP contribution is -2.45. The maximum Gasteiger partial charge on any atom is 0.254 e. The molecule has 8 heteroatoms. The molecular formula is C22H24Cl2N4O2. The molecule has 0 bridgehead atoms. The van der Waals surface area contributed by atoms with Crippen LogP contribution in [0.1, 0.15) is 41.6 Å². The van der Waals surface area contributed by atoms with E-state index < -0.39 is 6.04 Å². The zero-order valence-electron chi connectivity index (χ0n) is 16.6. The lowest BCUT2D eigenvalue weighted by atomic mass is 10.1. The summed E-state index contributed by atoms with van der Waals surface area (Å²) in [6.45, 7) is 2.99. The molecule has 2 fully saturated rings. The minimum absolute atomic E-state index is 0.145. The highest BCUT2D eigenvalue weighted by Crippen LogP contribution is 2.25. The first-order chi connectivity index (χ1) is 14.5. The molecule has 6 nitrogen and oxygen atoms in total. The third-order valence-electron chi connectivity index (χ3n) is 5.63. The van der Waals surface area contributed by atoms with Crippen molar-refractivity contribution in [2.45, 2.75) is 38.3 Å². The smallest absolute Gasteiger partial charge is 0.254 e. The van der Waals surface area contributed by atoms with E-state index in [2.05, 4.69) is 15.2 Å². The molecule has 2 aromatic rings. The highest BCUT2D eigenvalue weighted by atomic mass is 35.5. The topological polar surface area (TPSA) is 65.5 Å². The second-order valence-electron chi connectivity index (χ2n) is 7.75. The van der Waals surface area contributed by atoms with Crippen LogP contribution in [0.2, 0.25) is 10.0 Å². The van der Waals surface area contributed by atoms with Gasteiger partial charge in [0, 0.05) is 48.0 Å². The second kappa shape index (κ2) is 9.23. The first kappa shape index (κ1) is 20.9. The van der Waals surface area contributed by atoms with Crippen LogP contribution < -0.4 is 10.2 Å². The van der Waals surface area contributed by atoms with Crippen molar-refractivity contribution in [2.75, 3.05) is 24.5 Å². The molecule has 0 spiro atoms. The minimum atomic E-state index is -0.491. The molecule has 1 N–H and O–H groups in total. The second-order valence-corrected chi connectivity index (χ2v) is 8.62. The van der Waals surface area contributed by atoms with E-state index in [0.717, 1.165) is 30.9 Å². The number of halogens is 2. The summed E-state index contributed by atoms with van der Waals surface area (Å²) in [7, 11) is 0. The zero-order chi connectivity index (χ0) is 21.1. The number of carbonyl (C=O) groups is 2. The number of likely N-dealkylation sites (tertiary alicyclic amines) is 1. The molecule has 2 saturated heterocycles. The molecule has 1 aromatic carbocycles. The fraction of sp³-hybridized carbons (Fsp3) is 0.409. The van der Waals surface area contributed by atoms with Gasteiger partial charge in [0.25, 0.3) is 5.91 Å². The molecule has 0 radical (unpaired) electrons. The van der Waals surface area contributed by atoms with Gasteiger partial charge in [0.05, 0.1) is 0 Å². The van der Waals surface area contributed by atoms with Crippen molar-refractivity contribution in [1.82, 2.24) is 15.2 Å². The first-order valence-corrected chi connectivity index (χ1v) is 11.0. The van der Waals surface area contributed by atoms with Crippen molar-refractivity contribution >= 4 is 40.8 Å². The Kier molecular flexibility index (Phi) is 6.44. The lowest BCUT2D eigenvalue weighted by Gasteiger charge is -2.24. The van der Waals surface area contributed by atoms with Crippen molar-refractivity contribution in [3.63, 3.8) is 0 Å². The number of hydrogen-bond acceptors (Lipinski definition) is 4. The molecule has 2 aliphatic rings. The van der Waals surface area contributed by atoms with Crippen molar-refractivity contribution in [3.05, 3.63) is 57.7 Å². The molecule has 2 aliphatic heterocycles. The maximum absolute atomic E-state index is 12.9. The van der Waals surface area contributed by atoms with Crippen LogP contribution in [0.15, 0.2) is 36.5 Å². The number of nitrogens with zero attached hydrogens (tertiary/aromatic N) is 3. The van der Waals surface area contributed by atoms with Crippen LogP contribution in [0.3, 0.4) is 0 Å². The summed E-state index contributed by atoms with van der Waals surface area (Å²) < 4.78 is 0. The van der Waals surface area contributed by atoms with Gasteiger partial charge in [0.1, 0.15) is 11.9 Å². The van der Waals surface area contributed by atoms with Gasteiger partial charge in [-0.3, -0.25) is 9.59 Å². The van der Waals surface area contributed by atoms with E-state index in [0.29, 0.717) is 35.1 Å². The van der Waals surface area contributed by atoms with Gasteiger partial charge in [-0.05, 0) is 61.6 Å². The number of benzene rings is 1. The van der Waals surface area contributed by atoms with Gasteiger partial charge in [-0.1, -0.05) is 23.2 Å². The van der Waals surface area contributed by atoms with Gasteiger partial charge in [0.15, 0.2) is 0 Å². The molecule has 0 aliphatic carbocycles. The Morgan fingerprint density at radius 3 is 2.50 bits per heavy atom. The third-order valence-corrected chi connectivity index (χ3v) is 6.07. The van der Waals surface area contributed by atoms with Gasteiger partial charge in [-0.15, -0.1) is 0 Å².